The summed E-state index contributed by atoms with van der Waals surface area (Å²) in [5.74, 6) is 2.50. The number of hydrogen-bond acceptors (Lipinski definition) is 4. The van der Waals surface area contributed by atoms with E-state index in [2.05, 4.69) is 15.0 Å². The average molecular weight is 332 g/mol. The maximum Gasteiger partial charge on any atom is 0.147 e. The zero-order chi connectivity index (χ0) is 16.2. The van der Waals surface area contributed by atoms with Gasteiger partial charge in [-0.3, -0.25) is 9.11 Å². The van der Waals surface area contributed by atoms with Crippen LogP contribution in [0.25, 0.3) is 0 Å². The molecule has 0 amide bonds. The quantitative estimate of drug-likeness (QED) is 0.813. The molecule has 1 aliphatic heterocycles. The second-order valence-electron chi connectivity index (χ2n) is 6.08. The van der Waals surface area contributed by atoms with Crippen molar-refractivity contribution in [2.75, 3.05) is 18.8 Å². The molecule has 1 aromatic heterocycles. The molecule has 0 spiro atoms. The molecule has 23 heavy (non-hydrogen) atoms. The van der Waals surface area contributed by atoms with Gasteiger partial charge in [0.1, 0.15) is 11.6 Å². The molecule has 1 aromatic carbocycles. The number of nitrogens with zero attached hydrogens (tertiary/aromatic N) is 4. The fraction of sp³-hybridized carbons (Fsp3) is 0.529. The Balaban J connectivity index is 1.57. The van der Waals surface area contributed by atoms with Gasteiger partial charge in [0.05, 0.1) is 17.3 Å². The Kier molecular flexibility index (Phi) is 5.23. The molecule has 1 fully saturated rings. The van der Waals surface area contributed by atoms with E-state index < -0.39 is 10.8 Å². The van der Waals surface area contributed by atoms with Crippen LogP contribution in [-0.2, 0) is 17.3 Å². The normalized spacial score (nSPS) is 20.0. The zero-order valence-corrected chi connectivity index (χ0v) is 14.6. The van der Waals surface area contributed by atoms with E-state index in [0.717, 1.165) is 36.2 Å². The number of aromatic nitrogens is 3. The molecule has 0 radical (unpaired) electrons. The van der Waals surface area contributed by atoms with Gasteiger partial charge in [0, 0.05) is 23.2 Å². The molecule has 0 unspecified atom stereocenters. The molecule has 2 aromatic rings. The second kappa shape index (κ2) is 7.36. The standard InChI is InChI=1S/C17H24N4OS/c1-14-18-15(2)21(19-14)13-16-7-6-10-20(16)11-12-23(22)17-8-4-3-5-9-17/h3-5,8-9,16H,6-7,10-13H2,1-2H3/t16-,23-/m1/s1. The van der Waals surface area contributed by atoms with Gasteiger partial charge in [0.15, 0.2) is 0 Å². The van der Waals surface area contributed by atoms with Crippen molar-refractivity contribution < 1.29 is 4.21 Å². The summed E-state index contributed by atoms with van der Waals surface area (Å²) in [7, 11) is -0.918. The lowest BCUT2D eigenvalue weighted by Crippen LogP contribution is -2.36. The Bertz CT molecular complexity index is 670. The van der Waals surface area contributed by atoms with E-state index in [0.29, 0.717) is 11.8 Å². The van der Waals surface area contributed by atoms with Crippen molar-refractivity contribution in [2.45, 2.75) is 44.2 Å². The van der Waals surface area contributed by atoms with Crippen molar-refractivity contribution in [3.8, 4) is 0 Å². The lowest BCUT2D eigenvalue weighted by atomic mass is 10.2. The molecule has 1 saturated heterocycles. The Morgan fingerprint density at radius 1 is 1.26 bits per heavy atom. The largest absolute Gasteiger partial charge is 0.298 e. The monoisotopic (exact) mass is 332 g/mol. The third-order valence-electron chi connectivity index (χ3n) is 4.42. The molecule has 2 heterocycles. The highest BCUT2D eigenvalue weighted by atomic mass is 32.2. The van der Waals surface area contributed by atoms with Crippen LogP contribution in [0, 0.1) is 13.8 Å². The summed E-state index contributed by atoms with van der Waals surface area (Å²) in [6, 6.07) is 10.2. The van der Waals surface area contributed by atoms with Crippen LogP contribution in [0.3, 0.4) is 0 Å². The number of aryl methyl sites for hydroxylation is 2. The highest BCUT2D eigenvalue weighted by Crippen LogP contribution is 2.19. The number of rotatable bonds is 6. The van der Waals surface area contributed by atoms with Gasteiger partial charge < -0.3 is 0 Å². The van der Waals surface area contributed by atoms with E-state index in [1.165, 1.54) is 12.8 Å². The summed E-state index contributed by atoms with van der Waals surface area (Å²) in [6.45, 7) is 6.77. The van der Waals surface area contributed by atoms with Gasteiger partial charge in [-0.05, 0) is 45.4 Å². The molecule has 0 saturated carbocycles. The maximum absolute atomic E-state index is 12.4. The van der Waals surface area contributed by atoms with Gasteiger partial charge >= 0.3 is 0 Å². The minimum atomic E-state index is -0.918. The lowest BCUT2D eigenvalue weighted by molar-refractivity contribution is 0.238. The van der Waals surface area contributed by atoms with Crippen LogP contribution in [0.4, 0.5) is 0 Å². The minimum Gasteiger partial charge on any atom is -0.298 e. The molecule has 5 nitrogen and oxygen atoms in total. The van der Waals surface area contributed by atoms with E-state index in [-0.39, 0.29) is 0 Å². The van der Waals surface area contributed by atoms with Crippen molar-refractivity contribution >= 4 is 10.8 Å². The highest BCUT2D eigenvalue weighted by Gasteiger charge is 2.26. The molecule has 0 bridgehead atoms. The smallest absolute Gasteiger partial charge is 0.147 e. The van der Waals surface area contributed by atoms with Crippen molar-refractivity contribution in [1.29, 1.82) is 0 Å². The Morgan fingerprint density at radius 3 is 2.74 bits per heavy atom. The molecule has 3 rings (SSSR count). The Hall–Kier alpha value is -1.53. The molecular formula is C17H24N4OS. The number of hydrogen-bond donors (Lipinski definition) is 0. The number of benzene rings is 1. The fourth-order valence-electron chi connectivity index (χ4n) is 3.22. The van der Waals surface area contributed by atoms with Crippen LogP contribution < -0.4 is 0 Å². The van der Waals surface area contributed by atoms with Crippen LogP contribution in [0.1, 0.15) is 24.5 Å². The van der Waals surface area contributed by atoms with Crippen LogP contribution in [0.15, 0.2) is 35.2 Å². The topological polar surface area (TPSA) is 51.0 Å². The third-order valence-corrected chi connectivity index (χ3v) is 5.77. The van der Waals surface area contributed by atoms with E-state index in [1.807, 2.05) is 48.9 Å². The molecule has 0 aliphatic carbocycles. The summed E-state index contributed by atoms with van der Waals surface area (Å²) in [5.41, 5.74) is 0. The first-order chi connectivity index (χ1) is 11.1. The summed E-state index contributed by atoms with van der Waals surface area (Å²) in [6.07, 6.45) is 2.38. The first-order valence-corrected chi connectivity index (χ1v) is 9.51. The molecule has 1 aliphatic rings. The average Bonchev–Trinajstić information content (AvgIpc) is 3.12. The lowest BCUT2D eigenvalue weighted by Gasteiger charge is -2.24. The van der Waals surface area contributed by atoms with Crippen molar-refractivity contribution in [3.63, 3.8) is 0 Å². The first kappa shape index (κ1) is 16.3. The van der Waals surface area contributed by atoms with Gasteiger partial charge in [0.25, 0.3) is 0 Å². The Labute approximate surface area is 140 Å². The predicted molar refractivity (Wildman–Crippen MR) is 91.8 cm³/mol. The van der Waals surface area contributed by atoms with Gasteiger partial charge in [-0.15, -0.1) is 0 Å². The van der Waals surface area contributed by atoms with Crippen LogP contribution >= 0.6 is 0 Å². The summed E-state index contributed by atoms with van der Waals surface area (Å²) < 4.78 is 14.4. The first-order valence-electron chi connectivity index (χ1n) is 8.19. The van der Waals surface area contributed by atoms with Crippen LogP contribution in [-0.4, -0.2) is 48.8 Å². The fourth-order valence-corrected chi connectivity index (χ4v) is 4.32. The third kappa shape index (κ3) is 4.06. The van der Waals surface area contributed by atoms with Crippen molar-refractivity contribution in [1.82, 2.24) is 19.7 Å². The predicted octanol–water partition coefficient (Wildman–Crippen LogP) is 2.17. The molecule has 124 valence electrons. The zero-order valence-electron chi connectivity index (χ0n) is 13.8. The van der Waals surface area contributed by atoms with Gasteiger partial charge in [-0.1, -0.05) is 18.2 Å². The molecule has 2 atom stereocenters. The van der Waals surface area contributed by atoms with Crippen LogP contribution in [0.2, 0.25) is 0 Å². The summed E-state index contributed by atoms with van der Waals surface area (Å²) in [4.78, 5) is 7.75. The van der Waals surface area contributed by atoms with E-state index in [1.54, 1.807) is 0 Å². The second-order valence-corrected chi connectivity index (χ2v) is 7.65. The molecular weight excluding hydrogens is 308 g/mol. The Morgan fingerprint density at radius 2 is 2.04 bits per heavy atom. The van der Waals surface area contributed by atoms with Crippen LogP contribution in [0.5, 0.6) is 0 Å². The summed E-state index contributed by atoms with van der Waals surface area (Å²) in [5, 5.41) is 4.47. The SMILES string of the molecule is Cc1nc(C)n(C[C@H]2CCCN2CC[S@@](=O)c2ccccc2)n1. The minimum absolute atomic E-state index is 0.475. The van der Waals surface area contributed by atoms with Crippen molar-refractivity contribution in [2.24, 2.45) is 0 Å². The maximum atomic E-state index is 12.4. The van der Waals surface area contributed by atoms with E-state index >= 15 is 0 Å². The van der Waals surface area contributed by atoms with Gasteiger partial charge in [-0.2, -0.15) is 5.10 Å². The molecule has 0 N–H and O–H groups in total. The van der Waals surface area contributed by atoms with E-state index in [9.17, 15) is 4.21 Å². The highest BCUT2D eigenvalue weighted by molar-refractivity contribution is 7.85. The van der Waals surface area contributed by atoms with Gasteiger partial charge in [-0.25, -0.2) is 9.67 Å². The van der Waals surface area contributed by atoms with E-state index in [4.69, 9.17) is 0 Å². The number of likely N-dealkylation sites (tertiary alicyclic amines) is 1. The van der Waals surface area contributed by atoms with Crippen molar-refractivity contribution in [3.05, 3.63) is 42.0 Å². The van der Waals surface area contributed by atoms with Gasteiger partial charge in [0.2, 0.25) is 0 Å². The molecule has 6 heteroatoms. The summed E-state index contributed by atoms with van der Waals surface area (Å²) >= 11 is 0.